The predicted molar refractivity (Wildman–Crippen MR) is 522 cm³/mol. The van der Waals surface area contributed by atoms with E-state index in [4.69, 9.17) is 59.3 Å². The fourth-order valence-corrected chi connectivity index (χ4v) is 14.6. The third-order valence-electron chi connectivity index (χ3n) is 20.4. The van der Waals surface area contributed by atoms with Crippen LogP contribution in [0.1, 0.15) is 53.8 Å². The molecule has 43 nitrogen and oxygen atoms in total. The summed E-state index contributed by atoms with van der Waals surface area (Å²) in [5.74, 6) is 4.61. The van der Waals surface area contributed by atoms with Crippen molar-refractivity contribution in [3.8, 4) is 115 Å². The van der Waals surface area contributed by atoms with Crippen LogP contribution in [0.4, 0.5) is 34.9 Å². The topological polar surface area (TPSA) is 595 Å². The Kier molecular flexibility index (Phi) is 33.5. The first-order chi connectivity index (χ1) is 66.5. The van der Waals surface area contributed by atoms with E-state index < -0.39 is 23.0 Å². The second-order valence-electron chi connectivity index (χ2n) is 29.5. The maximum atomic E-state index is 12.0. The summed E-state index contributed by atoms with van der Waals surface area (Å²) >= 11 is 6.53. The molecule has 5 aromatic carbocycles. The summed E-state index contributed by atoms with van der Waals surface area (Å²) in [6, 6.07) is 47.6. The van der Waals surface area contributed by atoms with Crippen LogP contribution in [-0.4, -0.2) is 227 Å². The molecule has 0 amide bonds. The first-order valence-electron chi connectivity index (χ1n) is 42.3. The minimum Gasteiger partial charge on any atom is -0.464 e. The van der Waals surface area contributed by atoms with Crippen molar-refractivity contribution < 1.29 is 54.4 Å². The quantitative estimate of drug-likeness (QED) is 0.0218. The number of carbonyl (C=O) groups excluding carboxylic acids is 1. The summed E-state index contributed by atoms with van der Waals surface area (Å²) in [5, 5.41) is 60.1. The maximum Gasteiger partial charge on any atom is 0.410 e. The lowest BCUT2D eigenvalue weighted by atomic mass is 9.83. The van der Waals surface area contributed by atoms with Crippen LogP contribution in [0, 0.1) is 0 Å². The van der Waals surface area contributed by atoms with Crippen LogP contribution in [0.15, 0.2) is 245 Å². The fourth-order valence-electron chi connectivity index (χ4n) is 13.0. The van der Waals surface area contributed by atoms with Gasteiger partial charge in [0.05, 0.1) is 60.9 Å². The number of nitrogen functional groups attached to an aromatic ring is 4. The average molecular weight is 2000 g/mol. The zero-order valence-corrected chi connectivity index (χ0v) is 78.6. The van der Waals surface area contributed by atoms with E-state index in [0.29, 0.717) is 111 Å². The van der Waals surface area contributed by atoms with Crippen LogP contribution in [0.2, 0.25) is 20.5 Å². The Morgan fingerprint density at radius 1 is 0.438 bits per heavy atom. The second kappa shape index (κ2) is 47.0. The summed E-state index contributed by atoms with van der Waals surface area (Å²) in [6.45, 7) is 11.0. The molecule has 19 rings (SSSR count). The highest BCUT2D eigenvalue weighted by Crippen LogP contribution is 2.36. The van der Waals surface area contributed by atoms with Gasteiger partial charge in [0.25, 0.3) is 29.5 Å². The van der Waals surface area contributed by atoms with Crippen LogP contribution in [0.3, 0.4) is 0 Å². The zero-order valence-electron chi connectivity index (χ0n) is 74.7. The van der Waals surface area contributed by atoms with Crippen molar-refractivity contribution in [3.63, 3.8) is 0 Å². The molecule has 3 aliphatic heterocycles. The van der Waals surface area contributed by atoms with E-state index in [1.54, 1.807) is 52.8 Å². The normalized spacial score (nSPS) is 13.0. The molecule has 0 saturated heterocycles. The van der Waals surface area contributed by atoms with Crippen molar-refractivity contribution in [1.82, 2.24) is 125 Å². The van der Waals surface area contributed by atoms with Gasteiger partial charge in [0.2, 0.25) is 39.5 Å². The number of benzene rings is 5. The maximum absolute atomic E-state index is 12.0. The van der Waals surface area contributed by atoms with Gasteiger partial charge in [-0.05, 0) is 169 Å². The average Bonchev–Trinajstić information content (AvgIpc) is 1.71. The minimum atomic E-state index is -3.21. The summed E-state index contributed by atoms with van der Waals surface area (Å²) in [7, 11) is 0.279. The molecule has 0 spiro atoms. The Balaban J connectivity index is 0.000000134. The SMILES string of the molecule is CCS(=O)(=O)N1CC=C(c2cnc(N)c(-c3nnc(-c4ccccc4)o3)n2)CC1.COB(C)Nc1ncc(Br)nc1-c1nnc(-c2ccccc2)o1.COB(C)Nc1ncc(C2=CCN(B(C)O)CC2)nc1-c1nnc(-c2ccccc2)o1.COC(=O)c1nccnc1N.Nc1ncc(Br)nc1-c1nnc(-c2ccccc2)o1.Nc1ncc(C2=CCNCC2)nc1-c1nnc(-c2ccccc2)o1. The Bertz CT molecular complexity index is 6970. The van der Waals surface area contributed by atoms with E-state index in [1.165, 1.54) is 30.0 Å². The van der Waals surface area contributed by atoms with Crippen LogP contribution >= 0.6 is 31.9 Å². The number of methoxy groups -OCH3 is 1. The molecule has 3 aliphatic rings. The number of nitrogens with zero attached hydrogens (tertiary/aromatic N) is 24. The molecule has 16 aromatic rings. The Morgan fingerprint density at radius 2 is 0.781 bits per heavy atom. The number of esters is 1. The second-order valence-corrected chi connectivity index (χ2v) is 33.4. The van der Waals surface area contributed by atoms with Crippen molar-refractivity contribution in [3.05, 3.63) is 245 Å². The number of halogens is 2. The number of carbonyl (C=O) groups is 1. The molecule has 0 bridgehead atoms. The molecule has 0 saturated carbocycles. The van der Waals surface area contributed by atoms with Gasteiger partial charge >= 0.3 is 27.1 Å². The Hall–Kier alpha value is -15.4. The number of hydrogen-bond acceptors (Lipinski definition) is 42. The van der Waals surface area contributed by atoms with E-state index in [0.717, 1.165) is 88.4 Å². The van der Waals surface area contributed by atoms with Crippen molar-refractivity contribution >= 4 is 121 Å². The molecule has 49 heteroatoms. The molecule has 0 unspecified atom stereocenters. The number of anilines is 6. The molecular weight excluding hydrogens is 1910 g/mol. The van der Waals surface area contributed by atoms with E-state index in [9.17, 15) is 18.2 Å². The summed E-state index contributed by atoms with van der Waals surface area (Å²) in [5.41, 5.74) is 34.5. The molecule has 137 heavy (non-hydrogen) atoms. The lowest BCUT2D eigenvalue weighted by Gasteiger charge is -2.26. The smallest absolute Gasteiger partial charge is 0.410 e. The number of nitrogens with one attached hydrogen (secondary N) is 3. The number of rotatable bonds is 23. The number of hydrogen-bond donors (Lipinski definition) is 8. The van der Waals surface area contributed by atoms with Gasteiger partial charge < -0.3 is 84.7 Å². The van der Waals surface area contributed by atoms with Gasteiger partial charge in [-0.3, -0.25) is 0 Å². The molecule has 11 aromatic heterocycles. The lowest BCUT2D eigenvalue weighted by molar-refractivity contribution is 0.0594. The molecular formula is C88H88B3Br2N31O12S. The Labute approximate surface area is 802 Å². The van der Waals surface area contributed by atoms with E-state index >= 15 is 0 Å². The summed E-state index contributed by atoms with van der Waals surface area (Å²) in [6.07, 6.45) is 19.1. The number of sulfonamides is 1. The predicted octanol–water partition coefficient (Wildman–Crippen LogP) is 12.5. The summed E-state index contributed by atoms with van der Waals surface area (Å²) in [4.78, 5) is 64.0. The molecule has 0 aliphatic carbocycles. The molecule has 14 heterocycles. The van der Waals surface area contributed by atoms with Crippen LogP contribution in [0.5, 0.6) is 0 Å². The minimum absolute atomic E-state index is 0.0509. The molecule has 0 fully saturated rings. The standard InChI is InChI=1S/C20H24B2N6O3.C19H20N6O3S.C17H16N6O.C14H13BBrN5O2.C12H8BrN5O.C6H7N3O2/c1-21(30-3)25-18-17(20-27-26-19(31-20)15-7-5-4-6-8-15)24-16(13-23-18)14-9-11-28(12-10-14)22(2)29;1-2-29(26,27)25-10-8-13(9-11-25)15-12-21-17(20)16(22-15)19-24-23-18(28-19)14-6-4-3-5-7-14;18-15-14(21-13(10-20-15)11-6-8-19-9-7-11)17-23-22-16(24-17)12-4-2-1-3-5-12;1-15(22-2)19-12-11(18-10(16)8-17-12)14-21-20-13(23-14)9-6-4-3-5-7-9;13-8-6-15-10(14)9(16-8)12-18-17-11(19-12)7-4-2-1-3-5-7;1-11-6(10)4-5(7)9-3-2-8-4/h4-9,13,29H,10-12H2,1-3H3,(H,23,25);3-8,12H,2,9-11H2,1H3,(H2,20,21);1-6,10,19H,7-9H2,(H2,18,20);3-8H,1-2H3,(H,17,19);1-6H,(H2,14,15);2-3H,1H3,(H2,7,9). The number of ether oxygens (including phenoxy) is 1. The van der Waals surface area contributed by atoms with Gasteiger partial charge in [0.15, 0.2) is 57.4 Å². The van der Waals surface area contributed by atoms with Crippen molar-refractivity contribution in [2.75, 3.05) is 99.7 Å². The number of nitrogens with two attached hydrogens (primary N) is 4. The van der Waals surface area contributed by atoms with Crippen LogP contribution in [0.25, 0.3) is 132 Å². The highest BCUT2D eigenvalue weighted by atomic mass is 79.9. The third kappa shape index (κ3) is 25.8. The monoisotopic (exact) mass is 1990 g/mol. The van der Waals surface area contributed by atoms with Gasteiger partial charge in [-0.25, -0.2) is 73.0 Å². The van der Waals surface area contributed by atoms with Crippen molar-refractivity contribution in [1.29, 1.82) is 0 Å². The first kappa shape index (κ1) is 97.7. The zero-order chi connectivity index (χ0) is 96.3. The third-order valence-corrected chi connectivity index (χ3v) is 23.0. The van der Waals surface area contributed by atoms with Gasteiger partial charge in [-0.2, -0.15) is 4.31 Å². The highest BCUT2D eigenvalue weighted by molar-refractivity contribution is 9.10. The van der Waals surface area contributed by atoms with E-state index in [1.807, 2.05) is 176 Å². The first-order valence-corrected chi connectivity index (χ1v) is 45.5. The van der Waals surface area contributed by atoms with Crippen molar-refractivity contribution in [2.24, 2.45) is 0 Å². The van der Waals surface area contributed by atoms with Crippen LogP contribution in [-0.2, 0) is 24.1 Å². The van der Waals surface area contributed by atoms with Gasteiger partial charge in [-0.15, -0.1) is 51.0 Å². The largest absolute Gasteiger partial charge is 0.464 e. The van der Waals surface area contributed by atoms with E-state index in [2.05, 4.69) is 170 Å². The van der Waals surface area contributed by atoms with Crippen molar-refractivity contribution in [2.45, 2.75) is 46.7 Å². The molecule has 0 atom stereocenters. The van der Waals surface area contributed by atoms with Crippen LogP contribution < -0.4 is 38.7 Å². The highest BCUT2D eigenvalue weighted by Gasteiger charge is 2.29. The molecule has 0 radical (unpaired) electrons. The molecule has 696 valence electrons. The fraction of sp³-hybridized carbons (Fsp3) is 0.193. The van der Waals surface area contributed by atoms with Gasteiger partial charge in [0.1, 0.15) is 20.8 Å². The Morgan fingerprint density at radius 3 is 1.15 bits per heavy atom. The van der Waals surface area contributed by atoms with Gasteiger partial charge in [-0.1, -0.05) is 109 Å². The lowest BCUT2D eigenvalue weighted by Crippen LogP contribution is -2.39. The molecule has 12 N–H and O–H groups in total. The summed E-state index contributed by atoms with van der Waals surface area (Å²) < 4.78 is 70.3. The number of aromatic nitrogens is 22. The van der Waals surface area contributed by atoms with E-state index in [-0.39, 0.29) is 78.3 Å². The van der Waals surface area contributed by atoms with Gasteiger partial charge in [0, 0.05) is 80.6 Å².